The van der Waals surface area contributed by atoms with Crippen LogP contribution in [0, 0.1) is 17.7 Å². The summed E-state index contributed by atoms with van der Waals surface area (Å²) in [5.74, 6) is -7.74. The summed E-state index contributed by atoms with van der Waals surface area (Å²) in [6, 6.07) is -3.17. The molecule has 3 heterocycles. The number of hydrogen-bond acceptors (Lipinski definition) is 16. The summed E-state index contributed by atoms with van der Waals surface area (Å²) in [7, 11) is 0. The van der Waals surface area contributed by atoms with E-state index in [-0.39, 0.29) is 71.7 Å². The Bertz CT molecular complexity index is 3430. The number of anilines is 4. The van der Waals surface area contributed by atoms with E-state index in [0.29, 0.717) is 25.7 Å². The maximum Gasteiger partial charge on any atom is 0.254 e. The highest BCUT2D eigenvalue weighted by Crippen LogP contribution is 2.29. The minimum absolute atomic E-state index is 0.0249. The lowest BCUT2D eigenvalue weighted by Crippen LogP contribution is -2.36. The highest BCUT2D eigenvalue weighted by molar-refractivity contribution is 5.97. The first kappa shape index (κ1) is 27.7. The van der Waals surface area contributed by atoms with Crippen LogP contribution in [0.2, 0.25) is 0 Å². The third-order valence-corrected chi connectivity index (χ3v) is 10.3. The van der Waals surface area contributed by atoms with E-state index in [1.54, 1.807) is 6.92 Å². The Kier molecular flexibility index (Phi) is 9.52. The normalized spacial score (nSPS) is 38.3. The third kappa shape index (κ3) is 18.3. The van der Waals surface area contributed by atoms with Crippen LogP contribution in [0.4, 0.5) is 23.7 Å². The maximum absolute atomic E-state index is 12.0. The number of carbonyl (C=O) groups excluding carboxylic acids is 3. The van der Waals surface area contributed by atoms with Crippen LogP contribution in [0.1, 0.15) is 210 Å². The van der Waals surface area contributed by atoms with Crippen molar-refractivity contribution < 1.29 is 68.1 Å². The van der Waals surface area contributed by atoms with E-state index < -0.39 is 160 Å². The van der Waals surface area contributed by atoms with E-state index in [1.165, 1.54) is 6.92 Å². The van der Waals surface area contributed by atoms with Gasteiger partial charge < -0.3 is 63.8 Å². The summed E-state index contributed by atoms with van der Waals surface area (Å²) in [5.41, 5.74) is 6.89. The first-order chi connectivity index (χ1) is 43.1. The van der Waals surface area contributed by atoms with Crippen LogP contribution in [0.3, 0.4) is 0 Å². The standard InChI is InChI=1S/3C16H27N5O2/c3*1-9-5-6-10(7-12(9)22)19-14-11(13(17)23)8-18-15(20-14)21-16(2,3)4/h3*8-10,12,22H,5-7H2,1-4H3,(H2,17,23)(H2,18,19,20,21)/i1D3,2D3,3D3,4D3,8D,10D,12D;2D3,3D3,4D3,12D;8D,9D,12D. The molecule has 9 atom stereocenters. The van der Waals surface area contributed by atoms with Crippen molar-refractivity contribution >= 4 is 41.4 Å². The first-order valence-corrected chi connectivity index (χ1v) is 21.5. The van der Waals surface area contributed by atoms with Gasteiger partial charge in [0, 0.05) is 71.4 Å². The lowest BCUT2D eigenvalue weighted by atomic mass is 9.85. The highest BCUT2D eigenvalue weighted by atomic mass is 16.3. The largest absolute Gasteiger partial charge is 0.393 e. The Labute approximate surface area is 445 Å². The minimum Gasteiger partial charge on any atom is -0.393 e. The summed E-state index contributed by atoms with van der Waals surface area (Å²) in [4.78, 5) is 64.3. The SMILES string of the molecule is [2H]C1(O)CC(Nc2nc(NC(C([2H])([2H])[2H])(C([2H])([2H])[2H])C([2H])([2H])[2H])ncc2C(N)=O)CCC1C.[2H]c1nc(NC(C([2H])([2H])[2H])(C([2H])([2H])[2H])C([2H])([2H])[2H])[nH]c(=NC2([2H])CCC(C([2H])([2H])[2H])C([2H])(O)C2)c1C(N)=O.[2H]c1nc(NC(C)(C)C)[nH]c(=NC2CCC([2H])(C)C([2H])(O)C2)c1C(N)=O. The van der Waals surface area contributed by atoms with E-state index in [0.717, 1.165) is 6.20 Å². The molecular weight excluding hydrogens is 883 g/mol. The number of nitrogens with two attached hydrogens (primary N) is 3. The molecule has 69 heavy (non-hydrogen) atoms. The molecule has 3 amide bonds. The number of H-pyrrole nitrogens is 2. The average molecular weight is 992 g/mol. The van der Waals surface area contributed by atoms with E-state index in [4.69, 9.17) is 55.6 Å². The number of rotatable bonds is 10. The molecule has 3 aliphatic rings. The lowest BCUT2D eigenvalue weighted by Gasteiger charge is -2.32. The fourth-order valence-electron chi connectivity index (χ4n) is 6.77. The van der Waals surface area contributed by atoms with Crippen LogP contribution in [0.5, 0.6) is 0 Å². The van der Waals surface area contributed by atoms with Gasteiger partial charge in [0.25, 0.3) is 17.7 Å². The van der Waals surface area contributed by atoms with Crippen LogP contribution in [-0.2, 0) is 0 Å². The maximum atomic E-state index is 12.0. The Morgan fingerprint density at radius 1 is 0.696 bits per heavy atom. The fourth-order valence-corrected chi connectivity index (χ4v) is 6.77. The van der Waals surface area contributed by atoms with Crippen molar-refractivity contribution in [2.45, 2.75) is 193 Å². The fraction of sp³-hybridized carbons (Fsp3) is 0.688. The van der Waals surface area contributed by atoms with Gasteiger partial charge in [0.1, 0.15) is 16.8 Å². The molecule has 21 nitrogen and oxygen atoms in total. The molecule has 15 N–H and O–H groups in total. The predicted molar refractivity (Wildman–Crippen MR) is 268 cm³/mol. The van der Waals surface area contributed by atoms with Crippen LogP contribution in [0.15, 0.2) is 28.5 Å². The van der Waals surface area contributed by atoms with Gasteiger partial charge in [0.2, 0.25) is 17.8 Å². The highest BCUT2D eigenvalue weighted by Gasteiger charge is 2.29. The number of aromatic amines is 2. The van der Waals surface area contributed by atoms with Crippen molar-refractivity contribution in [2.24, 2.45) is 44.9 Å². The Morgan fingerprint density at radius 2 is 1.25 bits per heavy atom. The summed E-state index contributed by atoms with van der Waals surface area (Å²) in [5, 5.41) is 40.7. The van der Waals surface area contributed by atoms with Gasteiger partial charge in [-0.3, -0.25) is 24.4 Å². The molecule has 3 aliphatic carbocycles. The number of primary amides is 3. The zero-order chi connectivity index (χ0) is 75.4. The van der Waals surface area contributed by atoms with Gasteiger partial charge in [-0.05, 0) is 137 Å². The average Bonchev–Trinajstić information content (AvgIpc) is 0.696. The quantitative estimate of drug-likeness (QED) is 0.136. The molecule has 6 rings (SSSR count). The second-order valence-electron chi connectivity index (χ2n) is 17.7. The van der Waals surface area contributed by atoms with Crippen LogP contribution < -0.4 is 49.4 Å². The first-order valence-electron chi connectivity index (χ1n) is 35.5. The second-order valence-corrected chi connectivity index (χ2v) is 17.7. The van der Waals surface area contributed by atoms with Crippen molar-refractivity contribution in [2.75, 3.05) is 21.3 Å². The van der Waals surface area contributed by atoms with Gasteiger partial charge in [-0.25, -0.2) is 15.0 Å². The van der Waals surface area contributed by atoms with Crippen molar-refractivity contribution in [1.82, 2.24) is 29.9 Å². The lowest BCUT2D eigenvalue weighted by molar-refractivity contribution is 0.0702. The molecular formula is C48H81N15O6. The molecule has 3 aromatic heterocycles. The van der Waals surface area contributed by atoms with Gasteiger partial charge >= 0.3 is 0 Å². The number of aliphatic hydroxyl groups is 3. The van der Waals surface area contributed by atoms with Crippen LogP contribution in [0.25, 0.3) is 0 Å². The van der Waals surface area contributed by atoms with Gasteiger partial charge in [0.05, 0.1) is 55.2 Å². The number of nitrogens with one attached hydrogen (secondary N) is 6. The molecule has 0 bridgehead atoms. The van der Waals surface area contributed by atoms with E-state index in [2.05, 4.69) is 50.5 Å². The van der Waals surface area contributed by atoms with Gasteiger partial charge in [-0.2, -0.15) is 4.98 Å². The van der Waals surface area contributed by atoms with Gasteiger partial charge in [-0.1, -0.05) is 20.7 Å². The molecule has 21 heteroatoms. The molecule has 3 saturated carbocycles. The molecule has 0 radical (unpaired) electrons. The predicted octanol–water partition coefficient (Wildman–Crippen LogP) is 4.09. The topological polar surface area (TPSA) is 346 Å². The number of nitrogens with zero attached hydrogens (tertiary/aromatic N) is 6. The molecule has 3 fully saturated rings. The van der Waals surface area contributed by atoms with Gasteiger partial charge in [0.15, 0.2) is 0 Å². The number of carbonyl (C=O) groups is 3. The summed E-state index contributed by atoms with van der Waals surface area (Å²) < 4.78 is 218. The third-order valence-electron chi connectivity index (χ3n) is 10.3. The molecule has 384 valence electrons. The molecule has 0 saturated heterocycles. The number of hydrogen-bond donors (Lipinski definition) is 12. The van der Waals surface area contributed by atoms with Crippen molar-refractivity contribution in [3.63, 3.8) is 0 Å². The molecule has 9 unspecified atom stereocenters. The monoisotopic (exact) mass is 992 g/mol. The molecule has 0 spiro atoms. The smallest absolute Gasteiger partial charge is 0.254 e. The second kappa shape index (κ2) is 23.8. The van der Waals surface area contributed by atoms with Crippen molar-refractivity contribution in [3.05, 3.63) is 46.2 Å². The zero-order valence-electron chi connectivity index (χ0n) is 66.7. The molecule has 0 aliphatic heterocycles. The van der Waals surface area contributed by atoms with Crippen molar-refractivity contribution in [3.8, 4) is 0 Å². The number of amides is 3. The van der Waals surface area contributed by atoms with Gasteiger partial charge in [-0.15, -0.1) is 0 Å². The number of aromatic nitrogens is 6. The molecule has 0 aromatic carbocycles. The summed E-state index contributed by atoms with van der Waals surface area (Å²) in [6.45, 7) is -15.4. The summed E-state index contributed by atoms with van der Waals surface area (Å²) in [6.07, 6.45) is -6.62. The van der Waals surface area contributed by atoms with E-state index in [9.17, 15) is 29.7 Å². The molecule has 3 aromatic rings. The summed E-state index contributed by atoms with van der Waals surface area (Å²) >= 11 is 0. The minimum atomic E-state index is -3.70. The Hall–Kier alpha value is -5.67. The van der Waals surface area contributed by atoms with E-state index >= 15 is 0 Å². The van der Waals surface area contributed by atoms with Crippen molar-refractivity contribution in [1.29, 1.82) is 0 Å². The van der Waals surface area contributed by atoms with E-state index in [1.807, 2.05) is 31.4 Å². The Balaban J connectivity index is 0.000000315. The zero-order valence-corrected chi connectivity index (χ0v) is 38.7. The Morgan fingerprint density at radius 3 is 1.77 bits per heavy atom. The van der Waals surface area contributed by atoms with Crippen LogP contribution in [-0.4, -0.2) is 116 Å². The van der Waals surface area contributed by atoms with Crippen LogP contribution >= 0.6 is 0 Å².